The van der Waals surface area contributed by atoms with Crippen LogP contribution >= 0.6 is 0 Å². The lowest BCUT2D eigenvalue weighted by Crippen LogP contribution is -2.65. The molecule has 0 radical (unpaired) electrons. The van der Waals surface area contributed by atoms with Gasteiger partial charge in [0, 0.05) is 52.9 Å². The van der Waals surface area contributed by atoms with Crippen molar-refractivity contribution in [2.24, 2.45) is 0 Å². The Labute approximate surface area is 180 Å². The molecule has 7 nitrogen and oxygen atoms in total. The molecule has 2 fully saturated rings. The second-order valence-electron chi connectivity index (χ2n) is 9.34. The van der Waals surface area contributed by atoms with Gasteiger partial charge in [-0.3, -0.25) is 5.10 Å². The number of fused-ring (bicyclic) bond motifs is 2. The minimum Gasteiger partial charge on any atom is -0.507 e. The maximum Gasteiger partial charge on any atom is 0.233 e. The van der Waals surface area contributed by atoms with E-state index < -0.39 is 5.82 Å². The van der Waals surface area contributed by atoms with Gasteiger partial charge in [-0.25, -0.2) is 4.39 Å². The van der Waals surface area contributed by atoms with Crippen LogP contribution in [-0.4, -0.2) is 42.7 Å². The van der Waals surface area contributed by atoms with Crippen molar-refractivity contribution in [2.45, 2.75) is 63.1 Å². The van der Waals surface area contributed by atoms with E-state index in [4.69, 9.17) is 4.74 Å². The number of hydrogen-bond acceptors (Lipinski definition) is 6. The number of aromatic amines is 1. The number of hydrogen-bond donors (Lipinski definition) is 3. The lowest BCUT2D eigenvalue weighted by molar-refractivity contribution is 0.00726. The number of halogens is 1. The summed E-state index contributed by atoms with van der Waals surface area (Å²) in [6.45, 7) is 4.53. The molecule has 2 saturated heterocycles. The van der Waals surface area contributed by atoms with Gasteiger partial charge in [-0.1, -0.05) is 0 Å². The average Bonchev–Trinajstić information content (AvgIpc) is 3.23. The van der Waals surface area contributed by atoms with Crippen LogP contribution in [0.3, 0.4) is 0 Å². The lowest BCUT2D eigenvalue weighted by atomic mass is 9.70. The van der Waals surface area contributed by atoms with Crippen molar-refractivity contribution >= 4 is 0 Å². The highest BCUT2D eigenvalue weighted by Crippen LogP contribution is 2.41. The van der Waals surface area contributed by atoms with Gasteiger partial charge >= 0.3 is 0 Å². The molecule has 2 aliphatic heterocycles. The fraction of sp³-hybridized carbons (Fsp3) is 0.435. The number of ether oxygens (including phenoxy) is 1. The number of aromatic nitrogens is 4. The third-order valence-electron chi connectivity index (χ3n) is 6.52. The molecule has 2 aromatic heterocycles. The lowest BCUT2D eigenvalue weighted by Gasteiger charge is -2.53. The summed E-state index contributed by atoms with van der Waals surface area (Å²) in [5, 5.41) is 29.1. The van der Waals surface area contributed by atoms with Crippen molar-refractivity contribution in [3.8, 4) is 34.0 Å². The normalized spacial score (nSPS) is 27.8. The van der Waals surface area contributed by atoms with Crippen molar-refractivity contribution in [3.05, 3.63) is 42.5 Å². The van der Waals surface area contributed by atoms with E-state index in [9.17, 15) is 9.50 Å². The Morgan fingerprint density at radius 3 is 2.52 bits per heavy atom. The second kappa shape index (κ2) is 7.30. The zero-order valence-corrected chi connectivity index (χ0v) is 17.7. The molecule has 0 aliphatic carbocycles. The Morgan fingerprint density at radius 2 is 1.87 bits per heavy atom. The smallest absolute Gasteiger partial charge is 0.233 e. The third kappa shape index (κ3) is 3.87. The summed E-state index contributed by atoms with van der Waals surface area (Å²) in [5.74, 6) is -0.109. The van der Waals surface area contributed by atoms with E-state index in [2.05, 4.69) is 39.6 Å². The molecule has 1 unspecified atom stereocenters. The van der Waals surface area contributed by atoms with Gasteiger partial charge in [0.2, 0.25) is 5.88 Å². The van der Waals surface area contributed by atoms with Crippen LogP contribution in [0, 0.1) is 5.82 Å². The number of piperidine rings is 2. The Hall–Kier alpha value is -3.00. The number of H-pyrrole nitrogens is 1. The average molecular weight is 423 g/mol. The van der Waals surface area contributed by atoms with Crippen LogP contribution in [0.15, 0.2) is 36.7 Å². The molecule has 0 saturated carbocycles. The van der Waals surface area contributed by atoms with Gasteiger partial charge in [0.05, 0.1) is 11.9 Å². The first-order valence-electron chi connectivity index (χ1n) is 10.6. The van der Waals surface area contributed by atoms with Gasteiger partial charge in [0.25, 0.3) is 0 Å². The van der Waals surface area contributed by atoms with Gasteiger partial charge in [0.1, 0.15) is 17.7 Å². The fourth-order valence-electron chi connectivity index (χ4n) is 5.27. The summed E-state index contributed by atoms with van der Waals surface area (Å²) < 4.78 is 20.8. The van der Waals surface area contributed by atoms with Crippen molar-refractivity contribution in [1.29, 1.82) is 0 Å². The predicted octanol–water partition coefficient (Wildman–Crippen LogP) is 4.21. The molecule has 2 aliphatic rings. The van der Waals surface area contributed by atoms with Gasteiger partial charge in [-0.05, 0) is 51.3 Å². The third-order valence-corrected chi connectivity index (χ3v) is 6.52. The SMILES string of the molecule is C[C@]12CCC[C@](C)(CC(Oc3ccc(-c4cc(F)c(-c5cn[nH]c5)cc4O)nn3)C1)N2. The first-order valence-corrected chi connectivity index (χ1v) is 10.6. The summed E-state index contributed by atoms with van der Waals surface area (Å²) in [6, 6.07) is 6.06. The van der Waals surface area contributed by atoms with Gasteiger partial charge in [-0.15, -0.1) is 10.2 Å². The van der Waals surface area contributed by atoms with Gasteiger partial charge in [-0.2, -0.15) is 5.10 Å². The molecule has 1 aromatic carbocycles. The zero-order valence-electron chi connectivity index (χ0n) is 17.7. The molecule has 5 rings (SSSR count). The van der Waals surface area contributed by atoms with Crippen LogP contribution in [0.25, 0.3) is 22.4 Å². The first-order chi connectivity index (χ1) is 14.8. The standard InChI is InChI=1S/C23H26FN5O2/c1-22-6-3-7-23(2,29-22)11-15(10-22)31-21-5-4-19(27-28-21)17-8-18(24)16(9-20(17)30)14-12-25-26-13-14/h4-5,8-9,12-13,15,29-30H,3,6-7,10-11H2,1-2H3,(H,25,26)/t15?,22-,23+. The number of aromatic hydroxyl groups is 1. The Kier molecular flexibility index (Phi) is 4.69. The first kappa shape index (κ1) is 19.9. The molecular weight excluding hydrogens is 397 g/mol. The molecule has 0 amide bonds. The van der Waals surface area contributed by atoms with E-state index >= 15 is 0 Å². The molecule has 0 spiro atoms. The summed E-state index contributed by atoms with van der Waals surface area (Å²) in [4.78, 5) is 0. The fourth-order valence-corrected chi connectivity index (χ4v) is 5.27. The monoisotopic (exact) mass is 423 g/mol. The topological polar surface area (TPSA) is 96.0 Å². The van der Waals surface area contributed by atoms with Gasteiger partial charge < -0.3 is 15.2 Å². The molecule has 8 heteroatoms. The summed E-state index contributed by atoms with van der Waals surface area (Å²) in [7, 11) is 0. The van der Waals surface area contributed by atoms with Crippen molar-refractivity contribution < 1.29 is 14.2 Å². The quantitative estimate of drug-likeness (QED) is 0.582. The maximum absolute atomic E-state index is 14.6. The molecule has 3 aromatic rings. The van der Waals surface area contributed by atoms with Crippen molar-refractivity contribution in [3.63, 3.8) is 0 Å². The van der Waals surface area contributed by atoms with E-state index in [-0.39, 0.29) is 34.1 Å². The molecule has 3 atom stereocenters. The minimum absolute atomic E-state index is 0.0665. The van der Waals surface area contributed by atoms with Crippen LogP contribution in [0.5, 0.6) is 11.6 Å². The predicted molar refractivity (Wildman–Crippen MR) is 114 cm³/mol. The number of nitrogens with one attached hydrogen (secondary N) is 2. The van der Waals surface area contributed by atoms with Crippen LogP contribution in [0.1, 0.15) is 46.0 Å². The number of benzene rings is 1. The molecular formula is C23H26FN5O2. The van der Waals surface area contributed by atoms with Crippen LogP contribution in [0.4, 0.5) is 4.39 Å². The summed E-state index contributed by atoms with van der Waals surface area (Å²) in [6.07, 6.45) is 8.51. The van der Waals surface area contributed by atoms with Crippen LogP contribution in [-0.2, 0) is 0 Å². The summed E-state index contributed by atoms with van der Waals surface area (Å²) >= 11 is 0. The molecule has 31 heavy (non-hydrogen) atoms. The number of phenolic OH excluding ortho intramolecular Hbond substituents is 1. The van der Waals surface area contributed by atoms with E-state index in [0.29, 0.717) is 17.1 Å². The Balaban J connectivity index is 1.34. The zero-order chi connectivity index (χ0) is 21.6. The second-order valence-corrected chi connectivity index (χ2v) is 9.34. The number of rotatable bonds is 4. The Morgan fingerprint density at radius 1 is 1.10 bits per heavy atom. The highest BCUT2D eigenvalue weighted by Gasteiger charge is 2.46. The van der Waals surface area contributed by atoms with Crippen LogP contribution in [0.2, 0.25) is 0 Å². The molecule has 4 heterocycles. The van der Waals surface area contributed by atoms with Crippen LogP contribution < -0.4 is 10.1 Å². The Bertz CT molecular complexity index is 1070. The number of phenols is 1. The van der Waals surface area contributed by atoms with E-state index in [1.54, 1.807) is 18.3 Å². The largest absolute Gasteiger partial charge is 0.507 e. The summed E-state index contributed by atoms with van der Waals surface area (Å²) in [5.41, 5.74) is 1.65. The molecule has 162 valence electrons. The van der Waals surface area contributed by atoms with Crippen molar-refractivity contribution in [1.82, 2.24) is 25.7 Å². The van der Waals surface area contributed by atoms with E-state index in [1.807, 2.05) is 0 Å². The highest BCUT2D eigenvalue weighted by atomic mass is 19.1. The maximum atomic E-state index is 14.6. The number of nitrogens with zero attached hydrogens (tertiary/aromatic N) is 3. The molecule has 3 N–H and O–H groups in total. The highest BCUT2D eigenvalue weighted by molar-refractivity contribution is 5.74. The minimum atomic E-state index is -0.473. The van der Waals surface area contributed by atoms with E-state index in [0.717, 1.165) is 25.7 Å². The van der Waals surface area contributed by atoms with E-state index in [1.165, 1.54) is 24.8 Å². The van der Waals surface area contributed by atoms with Crippen molar-refractivity contribution in [2.75, 3.05) is 0 Å². The molecule has 2 bridgehead atoms. The van der Waals surface area contributed by atoms with Gasteiger partial charge in [0.15, 0.2) is 0 Å².